The van der Waals surface area contributed by atoms with Gasteiger partial charge in [0, 0.05) is 11.6 Å². The fraction of sp³-hybridized carbons (Fsp3) is 0.591. The van der Waals surface area contributed by atoms with E-state index in [0.717, 1.165) is 18.5 Å². The molecule has 0 N–H and O–H groups in total. The van der Waals surface area contributed by atoms with Crippen LogP contribution in [0.5, 0.6) is 0 Å². The number of rotatable bonds is 1. The molecule has 2 aliphatic rings. The van der Waals surface area contributed by atoms with Gasteiger partial charge < -0.3 is 0 Å². The lowest BCUT2D eigenvalue weighted by Crippen LogP contribution is -2.11. The van der Waals surface area contributed by atoms with Gasteiger partial charge in [-0.3, -0.25) is 4.99 Å². The van der Waals surface area contributed by atoms with Crippen molar-refractivity contribution in [3.05, 3.63) is 47.2 Å². The molecular weight excluding hydrogens is 278 g/mol. The third-order valence-electron chi connectivity index (χ3n) is 3.69. The van der Waals surface area contributed by atoms with Gasteiger partial charge in [-0.25, -0.2) is 0 Å². The van der Waals surface area contributed by atoms with Crippen molar-refractivity contribution in [3.8, 4) is 0 Å². The van der Waals surface area contributed by atoms with Crippen LogP contribution in [0.2, 0.25) is 0 Å². The van der Waals surface area contributed by atoms with Gasteiger partial charge in [-0.15, -0.1) is 0 Å². The van der Waals surface area contributed by atoms with Gasteiger partial charge in [0.05, 0.1) is 5.70 Å². The van der Waals surface area contributed by atoms with Gasteiger partial charge in [-0.1, -0.05) is 98.3 Å². The second kappa shape index (κ2) is 9.70. The maximum Gasteiger partial charge on any atom is 0.0663 e. The Labute approximate surface area is 145 Å². The fourth-order valence-electron chi connectivity index (χ4n) is 2.52. The molecule has 0 bridgehead atoms. The molecule has 2 rings (SSSR count). The van der Waals surface area contributed by atoms with E-state index in [9.17, 15) is 0 Å². The van der Waals surface area contributed by atoms with Crippen LogP contribution in [0.25, 0.3) is 0 Å². The highest BCUT2D eigenvalue weighted by Crippen LogP contribution is 2.35. The second-order valence-corrected chi connectivity index (χ2v) is 6.91. The van der Waals surface area contributed by atoms with Crippen molar-refractivity contribution in [2.45, 2.75) is 75.2 Å². The van der Waals surface area contributed by atoms with Crippen LogP contribution in [0.15, 0.2) is 52.2 Å². The van der Waals surface area contributed by atoms with Crippen LogP contribution in [0.3, 0.4) is 0 Å². The summed E-state index contributed by atoms with van der Waals surface area (Å²) in [6, 6.07) is 0. The third kappa shape index (κ3) is 7.16. The molecule has 0 spiro atoms. The first-order valence-electron chi connectivity index (χ1n) is 9.19. The number of aliphatic imine (C=N–C) groups is 1. The first-order chi connectivity index (χ1) is 10.8. The SMILES string of the molecule is CC.CC.CCC1=C/C=C2/C=CC(C)(C)C=N/C2=C/C(C)(C)C1. The molecule has 1 aliphatic carbocycles. The van der Waals surface area contributed by atoms with Gasteiger partial charge in [-0.05, 0) is 23.8 Å². The molecule has 1 nitrogen and oxygen atoms in total. The lowest BCUT2D eigenvalue weighted by molar-refractivity contribution is 0.466. The Hall–Kier alpha value is -1.37. The molecule has 1 heteroatoms. The number of nitrogens with zero attached hydrogens (tertiary/aromatic N) is 1. The molecule has 0 saturated carbocycles. The lowest BCUT2D eigenvalue weighted by Gasteiger charge is -2.24. The standard InChI is InChI=1S/C18H25N.2C2H6/c1-6-14-7-8-15-9-10-17(2,3)13-19-16(15)12-18(4,5)11-14;2*1-2/h7-10,12-13H,6,11H2,1-5H3;2*1-2H3/b14-7?,15-8-,16-12+;;. The van der Waals surface area contributed by atoms with E-state index in [1.807, 2.05) is 27.7 Å². The Balaban J connectivity index is 0.00000112. The first kappa shape index (κ1) is 21.6. The molecule has 0 saturated heterocycles. The minimum absolute atomic E-state index is 0.0319. The largest absolute Gasteiger partial charge is 0.260 e. The maximum absolute atomic E-state index is 4.72. The smallest absolute Gasteiger partial charge is 0.0663 e. The van der Waals surface area contributed by atoms with Crippen molar-refractivity contribution in [1.29, 1.82) is 0 Å². The molecule has 1 aliphatic heterocycles. The van der Waals surface area contributed by atoms with Crippen LogP contribution in [-0.4, -0.2) is 6.21 Å². The zero-order chi connectivity index (χ0) is 18.1. The van der Waals surface area contributed by atoms with Crippen molar-refractivity contribution >= 4 is 6.21 Å². The molecular formula is C22H37N. The van der Waals surface area contributed by atoms with Crippen LogP contribution in [0, 0.1) is 10.8 Å². The zero-order valence-electron chi connectivity index (χ0n) is 16.8. The van der Waals surface area contributed by atoms with Crippen molar-refractivity contribution in [1.82, 2.24) is 0 Å². The molecule has 0 radical (unpaired) electrons. The molecule has 0 fully saturated rings. The molecule has 130 valence electrons. The van der Waals surface area contributed by atoms with E-state index in [0.29, 0.717) is 0 Å². The van der Waals surface area contributed by atoms with Gasteiger partial charge in [0.25, 0.3) is 0 Å². The number of hydrogen-bond donors (Lipinski definition) is 0. The highest BCUT2D eigenvalue weighted by atomic mass is 14.8. The average Bonchev–Trinajstić information content (AvgIpc) is 2.65. The summed E-state index contributed by atoms with van der Waals surface area (Å²) >= 11 is 0. The number of allylic oxidation sites excluding steroid dienone is 6. The molecule has 1 heterocycles. The molecule has 0 aromatic carbocycles. The van der Waals surface area contributed by atoms with E-state index in [4.69, 9.17) is 4.99 Å². The predicted molar refractivity (Wildman–Crippen MR) is 107 cm³/mol. The summed E-state index contributed by atoms with van der Waals surface area (Å²) < 4.78 is 0. The monoisotopic (exact) mass is 315 g/mol. The average molecular weight is 316 g/mol. The summed E-state index contributed by atoms with van der Waals surface area (Å²) in [5.41, 5.74) is 4.04. The Morgan fingerprint density at radius 2 is 1.61 bits per heavy atom. The minimum Gasteiger partial charge on any atom is -0.260 e. The highest BCUT2D eigenvalue weighted by molar-refractivity contribution is 5.72. The summed E-state index contributed by atoms with van der Waals surface area (Å²) in [4.78, 5) is 4.72. The summed E-state index contributed by atoms with van der Waals surface area (Å²) in [5.74, 6) is 0. The van der Waals surface area contributed by atoms with Crippen molar-refractivity contribution in [2.24, 2.45) is 15.8 Å². The van der Waals surface area contributed by atoms with Gasteiger partial charge in [0.1, 0.15) is 0 Å². The first-order valence-corrected chi connectivity index (χ1v) is 9.19. The molecule has 0 amide bonds. The van der Waals surface area contributed by atoms with Gasteiger partial charge >= 0.3 is 0 Å². The van der Waals surface area contributed by atoms with E-state index >= 15 is 0 Å². The third-order valence-corrected chi connectivity index (χ3v) is 3.69. The Bertz CT molecular complexity index is 508. The van der Waals surface area contributed by atoms with Crippen LogP contribution >= 0.6 is 0 Å². The quantitative estimate of drug-likeness (QED) is 0.482. The zero-order valence-corrected chi connectivity index (χ0v) is 16.8. The topological polar surface area (TPSA) is 12.4 Å². The van der Waals surface area contributed by atoms with E-state index in [1.165, 1.54) is 11.1 Å². The highest BCUT2D eigenvalue weighted by Gasteiger charge is 2.22. The molecule has 0 aromatic rings. The van der Waals surface area contributed by atoms with E-state index in [-0.39, 0.29) is 10.8 Å². The van der Waals surface area contributed by atoms with Crippen molar-refractivity contribution in [2.75, 3.05) is 0 Å². The summed E-state index contributed by atoms with van der Waals surface area (Å²) in [5, 5.41) is 0. The summed E-state index contributed by atoms with van der Waals surface area (Å²) in [7, 11) is 0. The van der Waals surface area contributed by atoms with Crippen LogP contribution in [0.4, 0.5) is 0 Å². The van der Waals surface area contributed by atoms with Crippen molar-refractivity contribution < 1.29 is 0 Å². The summed E-state index contributed by atoms with van der Waals surface area (Å²) in [6.07, 6.45) is 15.6. The summed E-state index contributed by atoms with van der Waals surface area (Å²) in [6.45, 7) is 19.2. The van der Waals surface area contributed by atoms with Crippen LogP contribution in [-0.2, 0) is 0 Å². The van der Waals surface area contributed by atoms with E-state index in [1.54, 1.807) is 0 Å². The Morgan fingerprint density at radius 1 is 1.00 bits per heavy atom. The van der Waals surface area contributed by atoms with Gasteiger partial charge in [0.2, 0.25) is 0 Å². The van der Waals surface area contributed by atoms with E-state index < -0.39 is 0 Å². The molecule has 23 heavy (non-hydrogen) atoms. The molecule has 0 atom stereocenters. The molecule has 0 unspecified atom stereocenters. The van der Waals surface area contributed by atoms with E-state index in [2.05, 4.69) is 71.2 Å². The maximum atomic E-state index is 4.72. The Morgan fingerprint density at radius 3 is 2.17 bits per heavy atom. The molecule has 0 aromatic heterocycles. The minimum atomic E-state index is 0.0319. The fourth-order valence-corrected chi connectivity index (χ4v) is 2.52. The van der Waals surface area contributed by atoms with Crippen LogP contribution in [0.1, 0.15) is 75.2 Å². The lowest BCUT2D eigenvalue weighted by atomic mass is 9.81. The normalized spacial score (nSPS) is 25.2. The van der Waals surface area contributed by atoms with Gasteiger partial charge in [0.15, 0.2) is 0 Å². The van der Waals surface area contributed by atoms with Crippen molar-refractivity contribution in [3.63, 3.8) is 0 Å². The number of fused-ring (bicyclic) bond motifs is 1. The number of hydrogen-bond acceptors (Lipinski definition) is 1. The van der Waals surface area contributed by atoms with Gasteiger partial charge in [-0.2, -0.15) is 0 Å². The second-order valence-electron chi connectivity index (χ2n) is 6.91. The van der Waals surface area contributed by atoms with Crippen LogP contribution < -0.4 is 0 Å². The Kier molecular flexibility index (Phi) is 9.12. The predicted octanol–water partition coefficient (Wildman–Crippen LogP) is 7.28.